The van der Waals surface area contributed by atoms with Gasteiger partial charge in [0.05, 0.1) is 22.9 Å². The van der Waals surface area contributed by atoms with Gasteiger partial charge in [0.15, 0.2) is 0 Å². The van der Waals surface area contributed by atoms with Crippen molar-refractivity contribution in [1.29, 1.82) is 5.26 Å². The SMILES string of the molecule is N#Cc1cnc2ccccc2c1NCC(O)c1ccc(F)cc1. The van der Waals surface area contributed by atoms with Gasteiger partial charge in [0, 0.05) is 18.1 Å². The number of benzene rings is 2. The van der Waals surface area contributed by atoms with Crippen molar-refractivity contribution in [2.24, 2.45) is 0 Å². The molecule has 1 unspecified atom stereocenters. The maximum atomic E-state index is 12.9. The van der Waals surface area contributed by atoms with Crippen LogP contribution in [0.3, 0.4) is 0 Å². The molecular weight excluding hydrogens is 293 g/mol. The highest BCUT2D eigenvalue weighted by molar-refractivity contribution is 5.93. The highest BCUT2D eigenvalue weighted by atomic mass is 19.1. The number of nitrogens with zero attached hydrogens (tertiary/aromatic N) is 2. The summed E-state index contributed by atoms with van der Waals surface area (Å²) in [6.07, 6.45) is 0.698. The van der Waals surface area contributed by atoms with Crippen molar-refractivity contribution < 1.29 is 9.50 Å². The first-order valence-corrected chi connectivity index (χ1v) is 7.14. The predicted octanol–water partition coefficient (Wildman–Crippen LogP) is 3.39. The molecule has 0 aliphatic heterocycles. The van der Waals surface area contributed by atoms with E-state index in [-0.39, 0.29) is 12.4 Å². The molecule has 0 saturated carbocycles. The Morgan fingerprint density at radius 2 is 1.91 bits per heavy atom. The molecule has 2 N–H and O–H groups in total. The predicted molar refractivity (Wildman–Crippen MR) is 86.3 cm³/mol. The van der Waals surface area contributed by atoms with Crippen molar-refractivity contribution in [3.63, 3.8) is 0 Å². The summed E-state index contributed by atoms with van der Waals surface area (Å²) >= 11 is 0. The number of aromatic nitrogens is 1. The molecule has 0 radical (unpaired) electrons. The van der Waals surface area contributed by atoms with Gasteiger partial charge < -0.3 is 10.4 Å². The van der Waals surface area contributed by atoms with Crippen LogP contribution in [0.5, 0.6) is 0 Å². The summed E-state index contributed by atoms with van der Waals surface area (Å²) in [4.78, 5) is 4.24. The van der Waals surface area contributed by atoms with Crippen molar-refractivity contribution in [3.05, 3.63) is 71.7 Å². The number of hydrogen-bond acceptors (Lipinski definition) is 4. The third-order valence-electron chi connectivity index (χ3n) is 3.62. The van der Waals surface area contributed by atoms with Crippen molar-refractivity contribution in [2.45, 2.75) is 6.10 Å². The fraction of sp³-hybridized carbons (Fsp3) is 0.111. The first-order chi connectivity index (χ1) is 11.2. The summed E-state index contributed by atoms with van der Waals surface area (Å²) in [6, 6.07) is 15.3. The van der Waals surface area contributed by atoms with Crippen LogP contribution < -0.4 is 5.32 Å². The molecule has 23 heavy (non-hydrogen) atoms. The lowest BCUT2D eigenvalue weighted by molar-refractivity contribution is 0.191. The molecule has 0 spiro atoms. The van der Waals surface area contributed by atoms with Gasteiger partial charge in [-0.25, -0.2) is 4.39 Å². The van der Waals surface area contributed by atoms with Crippen molar-refractivity contribution in [2.75, 3.05) is 11.9 Å². The number of rotatable bonds is 4. The molecule has 5 heteroatoms. The Morgan fingerprint density at radius 3 is 2.65 bits per heavy atom. The van der Waals surface area contributed by atoms with E-state index in [1.54, 1.807) is 0 Å². The Balaban J connectivity index is 1.86. The molecule has 1 heterocycles. The van der Waals surface area contributed by atoms with E-state index < -0.39 is 6.10 Å². The number of para-hydroxylation sites is 1. The average Bonchev–Trinajstić information content (AvgIpc) is 2.59. The minimum absolute atomic E-state index is 0.203. The van der Waals surface area contributed by atoms with Crippen LogP contribution in [0.15, 0.2) is 54.7 Å². The Kier molecular flexibility index (Phi) is 4.18. The van der Waals surface area contributed by atoms with Gasteiger partial charge in [-0.3, -0.25) is 4.98 Å². The lowest BCUT2D eigenvalue weighted by atomic mass is 10.1. The van der Waals surface area contributed by atoms with E-state index in [0.717, 1.165) is 10.9 Å². The first-order valence-electron chi connectivity index (χ1n) is 7.14. The van der Waals surface area contributed by atoms with Gasteiger partial charge in [-0.05, 0) is 23.8 Å². The largest absolute Gasteiger partial charge is 0.387 e. The molecule has 1 aromatic heterocycles. The van der Waals surface area contributed by atoms with Gasteiger partial charge in [0.25, 0.3) is 0 Å². The molecule has 3 aromatic rings. The zero-order chi connectivity index (χ0) is 16.2. The second-order valence-corrected chi connectivity index (χ2v) is 5.12. The number of aliphatic hydroxyl groups is 1. The smallest absolute Gasteiger partial charge is 0.123 e. The summed E-state index contributed by atoms with van der Waals surface area (Å²) < 4.78 is 12.9. The normalized spacial score (nSPS) is 11.9. The van der Waals surface area contributed by atoms with Crippen LogP contribution in [0.25, 0.3) is 10.9 Å². The summed E-state index contributed by atoms with van der Waals surface area (Å²) in [5.41, 5.74) is 2.43. The number of fused-ring (bicyclic) bond motifs is 1. The van der Waals surface area contributed by atoms with Gasteiger partial charge in [-0.15, -0.1) is 0 Å². The zero-order valence-corrected chi connectivity index (χ0v) is 12.2. The molecular formula is C18H14FN3O. The molecule has 0 amide bonds. The summed E-state index contributed by atoms with van der Waals surface area (Å²) in [5, 5.41) is 23.4. The number of aliphatic hydroxyl groups excluding tert-OH is 1. The Bertz CT molecular complexity index is 872. The summed E-state index contributed by atoms with van der Waals surface area (Å²) in [7, 11) is 0. The van der Waals surface area contributed by atoms with E-state index >= 15 is 0 Å². The maximum Gasteiger partial charge on any atom is 0.123 e. The molecule has 4 nitrogen and oxygen atoms in total. The summed E-state index contributed by atoms with van der Waals surface area (Å²) in [6.45, 7) is 0.203. The standard InChI is InChI=1S/C18H14FN3O/c19-14-7-5-12(6-8-14)17(23)11-22-18-13(9-20)10-21-16-4-2-1-3-15(16)18/h1-8,10,17,23H,11H2,(H,21,22). The lowest BCUT2D eigenvalue weighted by Crippen LogP contribution is -2.13. The number of pyridine rings is 1. The maximum absolute atomic E-state index is 12.9. The first kappa shape index (κ1) is 14.9. The van der Waals surface area contributed by atoms with Gasteiger partial charge in [0.2, 0.25) is 0 Å². The number of halogens is 1. The van der Waals surface area contributed by atoms with E-state index in [2.05, 4.69) is 16.4 Å². The quantitative estimate of drug-likeness (QED) is 0.775. The fourth-order valence-electron chi connectivity index (χ4n) is 2.42. The van der Waals surface area contributed by atoms with Crippen LogP contribution >= 0.6 is 0 Å². The van der Waals surface area contributed by atoms with Gasteiger partial charge >= 0.3 is 0 Å². The van der Waals surface area contributed by atoms with Crippen LogP contribution in [0.2, 0.25) is 0 Å². The highest BCUT2D eigenvalue weighted by Crippen LogP contribution is 2.26. The highest BCUT2D eigenvalue weighted by Gasteiger charge is 2.12. The van der Waals surface area contributed by atoms with Crippen molar-refractivity contribution in [1.82, 2.24) is 4.98 Å². The minimum atomic E-state index is -0.811. The molecule has 0 bridgehead atoms. The minimum Gasteiger partial charge on any atom is -0.387 e. The average molecular weight is 307 g/mol. The molecule has 1 atom stereocenters. The Hall–Kier alpha value is -2.97. The van der Waals surface area contributed by atoms with E-state index in [1.165, 1.54) is 30.5 Å². The van der Waals surface area contributed by atoms with Crippen LogP contribution in [0.4, 0.5) is 10.1 Å². The monoisotopic (exact) mass is 307 g/mol. The van der Waals surface area contributed by atoms with Crippen LogP contribution in [-0.2, 0) is 0 Å². The third-order valence-corrected chi connectivity index (χ3v) is 3.62. The Morgan fingerprint density at radius 1 is 1.17 bits per heavy atom. The molecule has 114 valence electrons. The fourth-order valence-corrected chi connectivity index (χ4v) is 2.42. The van der Waals surface area contributed by atoms with Crippen molar-refractivity contribution >= 4 is 16.6 Å². The second-order valence-electron chi connectivity index (χ2n) is 5.12. The number of hydrogen-bond donors (Lipinski definition) is 2. The Labute approximate surface area is 132 Å². The van der Waals surface area contributed by atoms with Crippen LogP contribution in [0.1, 0.15) is 17.2 Å². The molecule has 0 fully saturated rings. The summed E-state index contributed by atoms with van der Waals surface area (Å²) in [5.74, 6) is -0.346. The third kappa shape index (κ3) is 3.12. The van der Waals surface area contributed by atoms with E-state index in [1.807, 2.05) is 24.3 Å². The topological polar surface area (TPSA) is 68.9 Å². The zero-order valence-electron chi connectivity index (χ0n) is 12.2. The van der Waals surface area contributed by atoms with Crippen LogP contribution in [-0.4, -0.2) is 16.6 Å². The second kappa shape index (κ2) is 6.42. The molecule has 0 saturated heterocycles. The number of anilines is 1. The molecule has 0 aliphatic carbocycles. The van der Waals surface area contributed by atoms with E-state index in [9.17, 15) is 14.8 Å². The number of nitriles is 1. The van der Waals surface area contributed by atoms with Crippen molar-refractivity contribution in [3.8, 4) is 6.07 Å². The van der Waals surface area contributed by atoms with Gasteiger partial charge in [0.1, 0.15) is 11.9 Å². The van der Waals surface area contributed by atoms with Crippen LogP contribution in [0, 0.1) is 17.1 Å². The molecule has 3 rings (SSSR count). The number of nitrogens with one attached hydrogen (secondary N) is 1. The molecule has 0 aliphatic rings. The molecule has 2 aromatic carbocycles. The van der Waals surface area contributed by atoms with Gasteiger partial charge in [-0.2, -0.15) is 5.26 Å². The van der Waals surface area contributed by atoms with Gasteiger partial charge in [-0.1, -0.05) is 30.3 Å². The lowest BCUT2D eigenvalue weighted by Gasteiger charge is -2.15. The van der Waals surface area contributed by atoms with E-state index in [0.29, 0.717) is 16.8 Å². The van der Waals surface area contributed by atoms with E-state index in [4.69, 9.17) is 0 Å².